The van der Waals surface area contributed by atoms with Gasteiger partial charge in [0.05, 0.1) is 10.4 Å². The van der Waals surface area contributed by atoms with E-state index in [1.165, 1.54) is 11.8 Å². The van der Waals surface area contributed by atoms with Gasteiger partial charge in [0, 0.05) is 35.1 Å². The second-order valence-electron chi connectivity index (χ2n) is 7.13. The Labute approximate surface area is 196 Å². The number of pyridine rings is 1. The highest BCUT2D eigenvalue weighted by Crippen LogP contribution is 2.35. The second-order valence-corrected chi connectivity index (χ2v) is 9.75. The van der Waals surface area contributed by atoms with E-state index in [2.05, 4.69) is 37.1 Å². The number of carbonyl (C=O) groups is 1. The summed E-state index contributed by atoms with van der Waals surface area (Å²) in [6, 6.07) is 9.92. The van der Waals surface area contributed by atoms with Gasteiger partial charge in [-0.3, -0.25) is 14.7 Å². The van der Waals surface area contributed by atoms with Crippen LogP contribution < -0.4 is 5.73 Å². The molecular weight excluding hydrogens is 462 g/mol. The summed E-state index contributed by atoms with van der Waals surface area (Å²) in [5, 5.41) is 16.8. The van der Waals surface area contributed by atoms with E-state index in [-0.39, 0.29) is 5.91 Å². The molecule has 32 heavy (non-hydrogen) atoms. The van der Waals surface area contributed by atoms with Crippen LogP contribution in [-0.2, 0) is 11.2 Å². The first-order valence-electron chi connectivity index (χ1n) is 9.79. The van der Waals surface area contributed by atoms with Gasteiger partial charge in [0.15, 0.2) is 5.82 Å². The molecule has 3 aromatic heterocycles. The number of thiocarbonyl (C=S) groups is 1. The second kappa shape index (κ2) is 8.77. The smallest absolute Gasteiger partial charge is 0.266 e. The standard InChI is InChI=1S/C21H17N7OS3/c22-16-5-6-23-17-4-3-12(9-15(16)17)13-8-14(31-11-13)10-18-20(29)28(21(30)32-18)7-1-2-19-24-26-27-25-19/h3-6,8-11H,1-2,7H2,(H2,22,23)(H,24,25,26,27). The molecule has 1 saturated heterocycles. The lowest BCUT2D eigenvalue weighted by atomic mass is 10.0. The molecule has 1 fully saturated rings. The number of nitrogens with one attached hydrogen (secondary N) is 1. The Kier molecular flexibility index (Phi) is 5.68. The largest absolute Gasteiger partial charge is 0.398 e. The third kappa shape index (κ3) is 4.14. The van der Waals surface area contributed by atoms with E-state index >= 15 is 0 Å². The topological polar surface area (TPSA) is 114 Å². The van der Waals surface area contributed by atoms with Gasteiger partial charge in [-0.25, -0.2) is 0 Å². The van der Waals surface area contributed by atoms with Crippen molar-refractivity contribution in [2.24, 2.45) is 0 Å². The van der Waals surface area contributed by atoms with Crippen LogP contribution in [0, 0.1) is 0 Å². The Bertz CT molecular complexity index is 1350. The van der Waals surface area contributed by atoms with Gasteiger partial charge in [0.25, 0.3) is 5.91 Å². The lowest BCUT2D eigenvalue weighted by Crippen LogP contribution is -2.29. The normalized spacial score (nSPS) is 15.4. The molecule has 1 amide bonds. The molecular formula is C21H17N7OS3. The molecule has 3 N–H and O–H groups in total. The van der Waals surface area contributed by atoms with Gasteiger partial charge in [-0.2, -0.15) is 5.21 Å². The molecule has 8 nitrogen and oxygen atoms in total. The van der Waals surface area contributed by atoms with Gasteiger partial charge >= 0.3 is 0 Å². The highest BCUT2D eigenvalue weighted by Gasteiger charge is 2.31. The molecule has 0 spiro atoms. The number of fused-ring (bicyclic) bond motifs is 1. The zero-order chi connectivity index (χ0) is 22.1. The number of aryl methyl sites for hydroxylation is 1. The molecule has 0 aliphatic carbocycles. The first-order valence-corrected chi connectivity index (χ1v) is 11.9. The molecule has 5 rings (SSSR count). The molecule has 1 aliphatic rings. The van der Waals surface area contributed by atoms with E-state index in [0.29, 0.717) is 40.1 Å². The Morgan fingerprint density at radius 1 is 1.22 bits per heavy atom. The molecule has 0 radical (unpaired) electrons. The Morgan fingerprint density at radius 2 is 2.12 bits per heavy atom. The number of hydrogen-bond donors (Lipinski definition) is 2. The van der Waals surface area contributed by atoms with Crippen LogP contribution in [0.15, 0.2) is 46.8 Å². The zero-order valence-corrected chi connectivity index (χ0v) is 19.1. The van der Waals surface area contributed by atoms with Crippen molar-refractivity contribution in [3.05, 3.63) is 57.5 Å². The number of nitrogens with zero attached hydrogens (tertiary/aromatic N) is 5. The van der Waals surface area contributed by atoms with Crippen molar-refractivity contribution in [2.75, 3.05) is 12.3 Å². The highest BCUT2D eigenvalue weighted by atomic mass is 32.2. The van der Waals surface area contributed by atoms with Crippen LogP contribution >= 0.6 is 35.3 Å². The van der Waals surface area contributed by atoms with Crippen LogP contribution in [0.3, 0.4) is 0 Å². The van der Waals surface area contributed by atoms with Crippen molar-refractivity contribution < 1.29 is 4.79 Å². The van der Waals surface area contributed by atoms with Crippen LogP contribution in [0.2, 0.25) is 0 Å². The zero-order valence-electron chi connectivity index (χ0n) is 16.7. The van der Waals surface area contributed by atoms with E-state index in [9.17, 15) is 4.79 Å². The van der Waals surface area contributed by atoms with Crippen molar-refractivity contribution in [1.82, 2.24) is 30.5 Å². The van der Waals surface area contributed by atoms with Crippen molar-refractivity contribution >= 4 is 68.2 Å². The molecule has 4 heterocycles. The molecule has 1 aliphatic heterocycles. The summed E-state index contributed by atoms with van der Waals surface area (Å²) in [4.78, 5) is 20.5. The van der Waals surface area contributed by atoms with E-state index in [0.717, 1.165) is 26.9 Å². The Morgan fingerprint density at radius 3 is 2.97 bits per heavy atom. The number of hydrogen-bond acceptors (Lipinski definition) is 9. The lowest BCUT2D eigenvalue weighted by Gasteiger charge is -2.13. The fraction of sp³-hybridized carbons (Fsp3) is 0.143. The number of H-pyrrole nitrogens is 1. The van der Waals surface area contributed by atoms with Gasteiger partial charge < -0.3 is 5.73 Å². The van der Waals surface area contributed by atoms with Crippen LogP contribution in [0.5, 0.6) is 0 Å². The van der Waals surface area contributed by atoms with Gasteiger partial charge in [-0.15, -0.1) is 21.5 Å². The van der Waals surface area contributed by atoms with Crippen LogP contribution in [-0.4, -0.2) is 47.3 Å². The van der Waals surface area contributed by atoms with Crippen molar-refractivity contribution in [3.8, 4) is 11.1 Å². The minimum absolute atomic E-state index is 0.0624. The molecule has 0 saturated carbocycles. The third-order valence-corrected chi connectivity index (χ3v) is 7.30. The van der Waals surface area contributed by atoms with Crippen molar-refractivity contribution in [2.45, 2.75) is 12.8 Å². The number of nitrogens with two attached hydrogens (primary N) is 1. The lowest BCUT2D eigenvalue weighted by molar-refractivity contribution is -0.122. The quantitative estimate of drug-likeness (QED) is 0.316. The number of rotatable bonds is 6. The number of carbonyl (C=O) groups excluding carboxylic acids is 1. The van der Waals surface area contributed by atoms with Gasteiger partial charge in [-0.1, -0.05) is 35.3 Å². The molecule has 0 bridgehead atoms. The maximum atomic E-state index is 12.9. The Hall–Kier alpha value is -3.15. The summed E-state index contributed by atoms with van der Waals surface area (Å²) < 4.78 is 0.573. The number of thiophene rings is 1. The number of tetrazole rings is 1. The average molecular weight is 480 g/mol. The van der Waals surface area contributed by atoms with Crippen molar-refractivity contribution in [1.29, 1.82) is 0 Å². The van der Waals surface area contributed by atoms with Gasteiger partial charge in [0.2, 0.25) is 0 Å². The number of nitrogen functional groups attached to an aromatic ring is 1. The summed E-state index contributed by atoms with van der Waals surface area (Å²) in [5.74, 6) is 0.566. The maximum Gasteiger partial charge on any atom is 0.266 e. The summed E-state index contributed by atoms with van der Waals surface area (Å²) >= 11 is 8.34. The molecule has 0 unspecified atom stereocenters. The van der Waals surface area contributed by atoms with E-state index in [1.54, 1.807) is 28.5 Å². The number of benzene rings is 1. The predicted molar refractivity (Wildman–Crippen MR) is 132 cm³/mol. The first kappa shape index (κ1) is 20.7. The minimum Gasteiger partial charge on any atom is -0.398 e. The van der Waals surface area contributed by atoms with Crippen molar-refractivity contribution in [3.63, 3.8) is 0 Å². The third-order valence-electron chi connectivity index (χ3n) is 5.05. The SMILES string of the molecule is Nc1ccnc2ccc(-c3csc(C=C4SC(=S)N(CCCc5nn[nH]n5)C4=O)c3)cc12. The van der Waals surface area contributed by atoms with Gasteiger partial charge in [-0.05, 0) is 53.3 Å². The summed E-state index contributed by atoms with van der Waals surface area (Å²) in [7, 11) is 0. The fourth-order valence-electron chi connectivity index (χ4n) is 3.43. The average Bonchev–Trinajstić information content (AvgIpc) is 3.53. The molecule has 160 valence electrons. The number of aromatic nitrogens is 5. The van der Waals surface area contributed by atoms with E-state index in [4.69, 9.17) is 18.0 Å². The highest BCUT2D eigenvalue weighted by molar-refractivity contribution is 8.26. The fourth-order valence-corrected chi connectivity index (χ4v) is 5.65. The van der Waals surface area contributed by atoms with E-state index in [1.807, 2.05) is 24.3 Å². The molecule has 4 aromatic rings. The Balaban J connectivity index is 1.31. The summed E-state index contributed by atoms with van der Waals surface area (Å²) in [6.07, 6.45) is 4.96. The van der Waals surface area contributed by atoms with Crippen LogP contribution in [0.4, 0.5) is 5.69 Å². The molecule has 0 atom stereocenters. The summed E-state index contributed by atoms with van der Waals surface area (Å²) in [5.41, 5.74) is 9.81. The van der Waals surface area contributed by atoms with Crippen LogP contribution in [0.25, 0.3) is 28.1 Å². The minimum atomic E-state index is -0.0624. The predicted octanol–water partition coefficient (Wildman–Crippen LogP) is 3.89. The number of thioether (sulfide) groups is 1. The first-order chi connectivity index (χ1) is 15.6. The maximum absolute atomic E-state index is 12.9. The number of aromatic amines is 1. The molecule has 11 heteroatoms. The van der Waals surface area contributed by atoms with Crippen LogP contribution in [0.1, 0.15) is 17.1 Å². The monoisotopic (exact) mass is 479 g/mol. The molecule has 1 aromatic carbocycles. The van der Waals surface area contributed by atoms with Gasteiger partial charge in [0.1, 0.15) is 4.32 Å². The summed E-state index contributed by atoms with van der Waals surface area (Å²) in [6.45, 7) is 0.527. The van der Waals surface area contributed by atoms with E-state index < -0.39 is 0 Å². The number of anilines is 1. The number of amides is 1.